The van der Waals surface area contributed by atoms with E-state index in [-0.39, 0.29) is 23.3 Å². The molecule has 9 heteroatoms. The zero-order chi connectivity index (χ0) is 23.4. The third-order valence-electron chi connectivity index (χ3n) is 5.80. The van der Waals surface area contributed by atoms with Crippen LogP contribution in [0, 0.1) is 5.82 Å². The Morgan fingerprint density at radius 2 is 2.09 bits per heavy atom. The first-order valence-electron chi connectivity index (χ1n) is 10.9. The van der Waals surface area contributed by atoms with Crippen LogP contribution in [0.25, 0.3) is 10.9 Å². The fraction of sp³-hybridized carbons (Fsp3) is 0.375. The number of carbonyl (C=O) groups excluding carboxylic acids is 1. The molecule has 4 rings (SSSR count). The number of nitrogens with one attached hydrogen (secondary N) is 1. The van der Waals surface area contributed by atoms with Crippen molar-refractivity contribution in [1.29, 1.82) is 0 Å². The van der Waals surface area contributed by atoms with E-state index in [1.165, 1.54) is 22.4 Å². The molecule has 33 heavy (non-hydrogen) atoms. The summed E-state index contributed by atoms with van der Waals surface area (Å²) in [5.74, 6) is -0.368. The smallest absolute Gasteiger partial charge is 0.262 e. The minimum absolute atomic E-state index is 0.165. The number of thioether (sulfide) groups is 1. The number of halogens is 2. The van der Waals surface area contributed by atoms with Gasteiger partial charge in [-0.25, -0.2) is 9.37 Å². The molecule has 0 radical (unpaired) electrons. The van der Waals surface area contributed by atoms with E-state index in [1.54, 1.807) is 37.4 Å². The van der Waals surface area contributed by atoms with Gasteiger partial charge in [0.1, 0.15) is 5.82 Å². The summed E-state index contributed by atoms with van der Waals surface area (Å²) in [4.78, 5) is 30.6. The quantitative estimate of drug-likeness (QED) is 0.363. The van der Waals surface area contributed by atoms with E-state index >= 15 is 0 Å². The number of nitrogens with zero attached hydrogens (tertiary/aromatic N) is 2. The van der Waals surface area contributed by atoms with Crippen molar-refractivity contribution in [2.45, 2.75) is 49.2 Å². The van der Waals surface area contributed by atoms with Gasteiger partial charge in [-0.1, -0.05) is 42.3 Å². The maximum atomic E-state index is 14.2. The lowest BCUT2D eigenvalue weighted by molar-refractivity contribution is 0.0938. The van der Waals surface area contributed by atoms with Crippen LogP contribution < -0.4 is 10.9 Å². The number of amides is 1. The molecule has 3 aromatic rings. The van der Waals surface area contributed by atoms with Gasteiger partial charge in [0.25, 0.3) is 11.5 Å². The molecule has 1 N–H and O–H groups in total. The molecular weight excluding hydrogens is 465 g/mol. The summed E-state index contributed by atoms with van der Waals surface area (Å²) in [5.41, 5.74) is 1.00. The number of rotatable bonds is 8. The summed E-state index contributed by atoms with van der Waals surface area (Å²) < 4.78 is 20.9. The zero-order valence-corrected chi connectivity index (χ0v) is 19.8. The Kier molecular flexibility index (Phi) is 7.67. The Balaban J connectivity index is 1.68. The molecule has 0 saturated heterocycles. The third-order valence-corrected chi connectivity index (χ3v) is 7.16. The SMILES string of the molecule is COCCn1c(SCc2c(F)cccc2Cl)nc2cc(C(=O)NC3CCCC3)ccc2c1=O. The van der Waals surface area contributed by atoms with Crippen molar-refractivity contribution in [2.75, 3.05) is 13.7 Å². The number of ether oxygens (including phenoxy) is 1. The molecule has 1 fully saturated rings. The highest BCUT2D eigenvalue weighted by Crippen LogP contribution is 2.28. The molecule has 6 nitrogen and oxygen atoms in total. The highest BCUT2D eigenvalue weighted by Gasteiger charge is 2.19. The Hall–Kier alpha value is -2.42. The van der Waals surface area contributed by atoms with Crippen LogP contribution in [-0.2, 0) is 17.0 Å². The van der Waals surface area contributed by atoms with Gasteiger partial charge in [-0.05, 0) is 43.2 Å². The molecule has 0 atom stereocenters. The van der Waals surface area contributed by atoms with Crippen molar-refractivity contribution < 1.29 is 13.9 Å². The molecule has 1 amide bonds. The van der Waals surface area contributed by atoms with E-state index in [4.69, 9.17) is 16.3 Å². The number of fused-ring (bicyclic) bond motifs is 1. The van der Waals surface area contributed by atoms with Gasteiger partial charge in [0.15, 0.2) is 5.16 Å². The first-order valence-corrected chi connectivity index (χ1v) is 12.2. The van der Waals surface area contributed by atoms with Gasteiger partial charge in [-0.15, -0.1) is 0 Å². The van der Waals surface area contributed by atoms with Crippen LogP contribution in [0.3, 0.4) is 0 Å². The fourth-order valence-corrected chi connectivity index (χ4v) is 5.35. The van der Waals surface area contributed by atoms with Gasteiger partial charge < -0.3 is 10.1 Å². The largest absolute Gasteiger partial charge is 0.383 e. The zero-order valence-electron chi connectivity index (χ0n) is 18.3. The predicted octanol–water partition coefficient (Wildman–Crippen LogP) is 4.80. The summed E-state index contributed by atoms with van der Waals surface area (Å²) >= 11 is 7.38. The van der Waals surface area contributed by atoms with Crippen molar-refractivity contribution in [3.63, 3.8) is 0 Å². The Bertz CT molecular complexity index is 1210. The summed E-state index contributed by atoms with van der Waals surface area (Å²) in [6.07, 6.45) is 4.22. The van der Waals surface area contributed by atoms with Crippen LogP contribution >= 0.6 is 23.4 Å². The van der Waals surface area contributed by atoms with Crippen LogP contribution in [0.5, 0.6) is 0 Å². The van der Waals surface area contributed by atoms with Gasteiger partial charge in [0.05, 0.1) is 24.1 Å². The van der Waals surface area contributed by atoms with Crippen LogP contribution in [-0.4, -0.2) is 35.2 Å². The molecule has 0 aliphatic heterocycles. The standard InChI is InChI=1S/C24H25ClFN3O3S/c1-32-12-11-29-23(31)17-10-9-15(22(30)27-16-5-2-3-6-16)13-21(17)28-24(29)33-14-18-19(25)7-4-8-20(18)26/h4,7-10,13,16H,2-3,5-6,11-12,14H2,1H3,(H,27,30). The van der Waals surface area contributed by atoms with E-state index in [9.17, 15) is 14.0 Å². The first-order chi connectivity index (χ1) is 16.0. The highest BCUT2D eigenvalue weighted by atomic mass is 35.5. The lowest BCUT2D eigenvalue weighted by Crippen LogP contribution is -2.32. The van der Waals surface area contributed by atoms with Gasteiger partial charge in [0, 0.05) is 35.1 Å². The second kappa shape index (κ2) is 10.7. The first kappa shape index (κ1) is 23.7. The molecule has 0 spiro atoms. The topological polar surface area (TPSA) is 73.2 Å². The van der Waals surface area contributed by atoms with Crippen molar-refractivity contribution in [3.8, 4) is 0 Å². The number of hydrogen-bond donors (Lipinski definition) is 1. The number of hydrogen-bond acceptors (Lipinski definition) is 5. The van der Waals surface area contributed by atoms with Crippen LogP contribution in [0.15, 0.2) is 46.3 Å². The number of aromatic nitrogens is 2. The van der Waals surface area contributed by atoms with Crippen molar-refractivity contribution in [1.82, 2.24) is 14.9 Å². The molecule has 0 bridgehead atoms. The highest BCUT2D eigenvalue weighted by molar-refractivity contribution is 7.98. The fourth-order valence-electron chi connectivity index (χ4n) is 3.98. The molecule has 1 aromatic heterocycles. The monoisotopic (exact) mass is 489 g/mol. The summed E-state index contributed by atoms with van der Waals surface area (Å²) in [7, 11) is 1.56. The average molecular weight is 490 g/mol. The van der Waals surface area contributed by atoms with E-state index in [1.807, 2.05) is 0 Å². The van der Waals surface area contributed by atoms with Crippen molar-refractivity contribution >= 4 is 40.2 Å². The Labute approximate surface area is 200 Å². The average Bonchev–Trinajstić information content (AvgIpc) is 3.31. The lowest BCUT2D eigenvalue weighted by Gasteiger charge is -2.15. The van der Waals surface area contributed by atoms with E-state index in [2.05, 4.69) is 10.3 Å². The molecule has 2 aromatic carbocycles. The minimum Gasteiger partial charge on any atom is -0.383 e. The molecule has 1 heterocycles. The Morgan fingerprint density at radius 3 is 2.82 bits per heavy atom. The second-order valence-electron chi connectivity index (χ2n) is 8.02. The van der Waals surface area contributed by atoms with Crippen LogP contribution in [0.1, 0.15) is 41.6 Å². The van der Waals surface area contributed by atoms with E-state index in [0.29, 0.717) is 45.4 Å². The maximum Gasteiger partial charge on any atom is 0.262 e. The van der Waals surface area contributed by atoms with Gasteiger partial charge >= 0.3 is 0 Å². The van der Waals surface area contributed by atoms with Gasteiger partial charge in [-0.2, -0.15) is 0 Å². The van der Waals surface area contributed by atoms with Crippen LogP contribution in [0.4, 0.5) is 4.39 Å². The predicted molar refractivity (Wildman–Crippen MR) is 129 cm³/mol. The van der Waals surface area contributed by atoms with E-state index in [0.717, 1.165) is 25.7 Å². The lowest BCUT2D eigenvalue weighted by atomic mass is 10.1. The molecule has 1 aliphatic carbocycles. The van der Waals surface area contributed by atoms with Crippen LogP contribution in [0.2, 0.25) is 5.02 Å². The molecule has 0 unspecified atom stereocenters. The number of benzene rings is 2. The maximum absolute atomic E-state index is 14.2. The third kappa shape index (κ3) is 5.39. The van der Waals surface area contributed by atoms with Gasteiger partial charge in [0.2, 0.25) is 0 Å². The number of methoxy groups -OCH3 is 1. The summed E-state index contributed by atoms with van der Waals surface area (Å²) in [6, 6.07) is 9.65. The summed E-state index contributed by atoms with van der Waals surface area (Å²) in [6.45, 7) is 0.624. The Morgan fingerprint density at radius 1 is 1.30 bits per heavy atom. The molecule has 174 valence electrons. The molecular formula is C24H25ClFN3O3S. The van der Waals surface area contributed by atoms with E-state index < -0.39 is 5.82 Å². The van der Waals surface area contributed by atoms with Gasteiger partial charge in [-0.3, -0.25) is 14.2 Å². The van der Waals surface area contributed by atoms with Crippen molar-refractivity contribution in [3.05, 3.63) is 68.7 Å². The molecule has 1 aliphatic rings. The van der Waals surface area contributed by atoms with Crippen molar-refractivity contribution in [2.24, 2.45) is 0 Å². The summed E-state index contributed by atoms with van der Waals surface area (Å²) in [5, 5.41) is 4.21. The normalized spacial score (nSPS) is 14.2. The minimum atomic E-state index is -0.410. The molecule has 1 saturated carbocycles. The second-order valence-corrected chi connectivity index (χ2v) is 9.37. The number of carbonyl (C=O) groups is 1.